The summed E-state index contributed by atoms with van der Waals surface area (Å²) < 4.78 is 11.1. The molecule has 2 heterocycles. The number of methoxy groups -OCH3 is 1. The maximum atomic E-state index is 12.1. The van der Waals surface area contributed by atoms with Crippen LogP contribution in [0.4, 0.5) is 0 Å². The maximum Gasteiger partial charge on any atom is 0.222 e. The zero-order chi connectivity index (χ0) is 16.3. The van der Waals surface area contributed by atoms with Crippen molar-refractivity contribution in [2.75, 3.05) is 20.2 Å². The fraction of sp³-hybridized carbons (Fsp3) is 0.444. The molecule has 5 nitrogen and oxygen atoms in total. The molecule has 0 saturated carbocycles. The summed E-state index contributed by atoms with van der Waals surface area (Å²) in [7, 11) is 1.69. The number of hydrogen-bond acceptors (Lipinski definition) is 4. The number of hydrogen-bond donors (Lipinski definition) is 0. The molecule has 1 aromatic heterocycles. The lowest BCUT2D eigenvalue weighted by atomic mass is 9.96. The topological polar surface area (TPSA) is 55.6 Å². The van der Waals surface area contributed by atoms with Crippen molar-refractivity contribution < 1.29 is 13.9 Å². The molecule has 0 spiro atoms. The Balaban J connectivity index is 1.45. The largest absolute Gasteiger partial charge is 0.441 e. The Labute approximate surface area is 136 Å². The van der Waals surface area contributed by atoms with E-state index in [2.05, 4.69) is 4.98 Å². The van der Waals surface area contributed by atoms with Gasteiger partial charge in [0.2, 0.25) is 5.91 Å². The number of carbonyl (C=O) groups excluding carboxylic acids is 1. The van der Waals surface area contributed by atoms with E-state index in [0.717, 1.165) is 17.7 Å². The molecule has 0 aliphatic carbocycles. The van der Waals surface area contributed by atoms with E-state index in [-0.39, 0.29) is 11.5 Å². The van der Waals surface area contributed by atoms with Gasteiger partial charge in [0.1, 0.15) is 0 Å². The van der Waals surface area contributed by atoms with Gasteiger partial charge in [-0.3, -0.25) is 4.79 Å². The summed E-state index contributed by atoms with van der Waals surface area (Å²) in [4.78, 5) is 18.2. The molecule has 122 valence electrons. The van der Waals surface area contributed by atoms with Gasteiger partial charge in [-0.25, -0.2) is 4.98 Å². The molecule has 0 N–H and O–H groups in total. The van der Waals surface area contributed by atoms with E-state index in [1.165, 1.54) is 0 Å². The molecule has 1 aliphatic heterocycles. The van der Waals surface area contributed by atoms with Crippen LogP contribution in [0.2, 0.25) is 0 Å². The molecule has 0 bridgehead atoms. The fourth-order valence-corrected chi connectivity index (χ4v) is 2.78. The van der Waals surface area contributed by atoms with Gasteiger partial charge in [-0.15, -0.1) is 0 Å². The summed E-state index contributed by atoms with van der Waals surface area (Å²) in [6, 6.07) is 9.89. The molecule has 0 radical (unpaired) electrons. The number of amides is 1. The number of rotatable bonds is 6. The molecule has 1 aromatic carbocycles. The molecule has 1 aliphatic rings. The highest BCUT2D eigenvalue weighted by Gasteiger charge is 2.40. The van der Waals surface area contributed by atoms with Gasteiger partial charge in [0.15, 0.2) is 11.7 Å². The SMILES string of the molecule is COC1(C)CN(C(=O)CCCc2ncc(-c3ccccc3)o2)C1. The van der Waals surface area contributed by atoms with E-state index in [9.17, 15) is 4.79 Å². The molecule has 1 amide bonds. The van der Waals surface area contributed by atoms with E-state index < -0.39 is 0 Å². The summed E-state index contributed by atoms with van der Waals surface area (Å²) in [5, 5.41) is 0. The van der Waals surface area contributed by atoms with Crippen molar-refractivity contribution >= 4 is 5.91 Å². The van der Waals surface area contributed by atoms with Gasteiger partial charge in [0.05, 0.1) is 24.9 Å². The summed E-state index contributed by atoms with van der Waals surface area (Å²) in [5.41, 5.74) is 0.852. The van der Waals surface area contributed by atoms with Crippen molar-refractivity contribution in [2.24, 2.45) is 0 Å². The predicted molar refractivity (Wildman–Crippen MR) is 86.9 cm³/mol. The van der Waals surface area contributed by atoms with Gasteiger partial charge in [-0.05, 0) is 13.3 Å². The van der Waals surface area contributed by atoms with Crippen LogP contribution in [-0.4, -0.2) is 41.6 Å². The van der Waals surface area contributed by atoms with Crippen LogP contribution in [0.5, 0.6) is 0 Å². The predicted octanol–water partition coefficient (Wildman–Crippen LogP) is 2.91. The van der Waals surface area contributed by atoms with Gasteiger partial charge < -0.3 is 14.1 Å². The zero-order valence-corrected chi connectivity index (χ0v) is 13.6. The average molecular weight is 314 g/mol. The molecule has 0 unspecified atom stereocenters. The number of likely N-dealkylation sites (tertiary alicyclic amines) is 1. The van der Waals surface area contributed by atoms with Crippen LogP contribution < -0.4 is 0 Å². The van der Waals surface area contributed by atoms with Crippen molar-refractivity contribution in [3.8, 4) is 11.3 Å². The van der Waals surface area contributed by atoms with Crippen LogP contribution in [0, 0.1) is 0 Å². The Morgan fingerprint density at radius 3 is 2.78 bits per heavy atom. The lowest BCUT2D eigenvalue weighted by Crippen LogP contribution is -2.62. The van der Waals surface area contributed by atoms with Crippen molar-refractivity contribution in [2.45, 2.75) is 31.8 Å². The number of benzene rings is 1. The van der Waals surface area contributed by atoms with Gasteiger partial charge in [0, 0.05) is 25.5 Å². The fourth-order valence-electron chi connectivity index (χ4n) is 2.78. The normalized spacial score (nSPS) is 16.2. The van der Waals surface area contributed by atoms with E-state index in [4.69, 9.17) is 9.15 Å². The van der Waals surface area contributed by atoms with Crippen LogP contribution in [0.15, 0.2) is 40.9 Å². The van der Waals surface area contributed by atoms with E-state index >= 15 is 0 Å². The zero-order valence-electron chi connectivity index (χ0n) is 13.6. The van der Waals surface area contributed by atoms with E-state index in [1.54, 1.807) is 13.3 Å². The Morgan fingerprint density at radius 1 is 1.35 bits per heavy atom. The second-order valence-electron chi connectivity index (χ2n) is 6.24. The van der Waals surface area contributed by atoms with Crippen LogP contribution in [0.3, 0.4) is 0 Å². The van der Waals surface area contributed by atoms with Crippen molar-refractivity contribution in [1.29, 1.82) is 0 Å². The molecule has 1 fully saturated rings. The molecular weight excluding hydrogens is 292 g/mol. The number of oxazole rings is 1. The second kappa shape index (κ2) is 6.54. The Morgan fingerprint density at radius 2 is 2.09 bits per heavy atom. The van der Waals surface area contributed by atoms with E-state index in [0.29, 0.717) is 31.8 Å². The minimum Gasteiger partial charge on any atom is -0.441 e. The van der Waals surface area contributed by atoms with Gasteiger partial charge in [0.25, 0.3) is 0 Å². The monoisotopic (exact) mass is 314 g/mol. The maximum absolute atomic E-state index is 12.1. The summed E-state index contributed by atoms with van der Waals surface area (Å²) >= 11 is 0. The summed E-state index contributed by atoms with van der Waals surface area (Å²) in [6.45, 7) is 3.38. The number of carbonyl (C=O) groups is 1. The highest BCUT2D eigenvalue weighted by molar-refractivity contribution is 5.77. The Kier molecular flexibility index (Phi) is 4.48. The first-order valence-corrected chi connectivity index (χ1v) is 7.93. The minimum absolute atomic E-state index is 0.164. The second-order valence-corrected chi connectivity index (χ2v) is 6.24. The third kappa shape index (κ3) is 3.62. The average Bonchev–Trinajstić information content (AvgIpc) is 3.01. The quantitative estimate of drug-likeness (QED) is 0.822. The van der Waals surface area contributed by atoms with Crippen LogP contribution in [0.1, 0.15) is 25.7 Å². The first kappa shape index (κ1) is 15.7. The molecular formula is C18H22N2O3. The van der Waals surface area contributed by atoms with Crippen LogP contribution in [0.25, 0.3) is 11.3 Å². The standard InChI is InChI=1S/C18H22N2O3/c1-18(22-2)12-20(13-18)17(21)10-6-9-16-19-11-15(23-16)14-7-4-3-5-8-14/h3-5,7-8,11H,6,9-10,12-13H2,1-2H3. The van der Waals surface area contributed by atoms with Crippen LogP contribution >= 0.6 is 0 Å². The third-order valence-electron chi connectivity index (χ3n) is 4.29. The Hall–Kier alpha value is -2.14. The first-order chi connectivity index (χ1) is 11.1. The molecule has 0 atom stereocenters. The smallest absolute Gasteiger partial charge is 0.222 e. The number of ether oxygens (including phenoxy) is 1. The van der Waals surface area contributed by atoms with Crippen molar-refractivity contribution in [3.05, 3.63) is 42.4 Å². The number of aromatic nitrogens is 1. The van der Waals surface area contributed by atoms with Crippen LogP contribution in [-0.2, 0) is 16.0 Å². The molecule has 2 aromatic rings. The van der Waals surface area contributed by atoms with Gasteiger partial charge in [-0.1, -0.05) is 30.3 Å². The highest BCUT2D eigenvalue weighted by atomic mass is 16.5. The number of aryl methyl sites for hydroxylation is 1. The molecule has 3 rings (SSSR count). The summed E-state index contributed by atoms with van der Waals surface area (Å²) in [6.07, 6.45) is 3.68. The Bertz CT molecular complexity index is 660. The molecule has 5 heteroatoms. The van der Waals surface area contributed by atoms with Gasteiger partial charge in [-0.2, -0.15) is 0 Å². The highest BCUT2D eigenvalue weighted by Crippen LogP contribution is 2.25. The van der Waals surface area contributed by atoms with E-state index in [1.807, 2.05) is 42.2 Å². The van der Waals surface area contributed by atoms with Crippen molar-refractivity contribution in [3.63, 3.8) is 0 Å². The first-order valence-electron chi connectivity index (χ1n) is 7.93. The van der Waals surface area contributed by atoms with Gasteiger partial charge >= 0.3 is 0 Å². The lowest BCUT2D eigenvalue weighted by molar-refractivity contribution is -0.157. The number of nitrogens with zero attached hydrogens (tertiary/aromatic N) is 2. The molecule has 23 heavy (non-hydrogen) atoms. The minimum atomic E-state index is -0.164. The lowest BCUT2D eigenvalue weighted by Gasteiger charge is -2.46. The summed E-state index contributed by atoms with van der Waals surface area (Å²) in [5.74, 6) is 1.63. The molecule has 1 saturated heterocycles. The third-order valence-corrected chi connectivity index (χ3v) is 4.29. The van der Waals surface area contributed by atoms with Crippen molar-refractivity contribution in [1.82, 2.24) is 9.88 Å².